The number of pyridine rings is 1. The minimum Gasteiger partial charge on any atom is -0.367 e. The molecule has 2 atom stereocenters. The van der Waals surface area contributed by atoms with Crippen LogP contribution in [0.2, 0.25) is 0 Å². The highest BCUT2D eigenvalue weighted by molar-refractivity contribution is 5.95. The number of aromatic nitrogens is 2. The molecule has 0 aromatic carbocycles. The number of hydrogen-bond donors (Lipinski definition) is 2. The lowest BCUT2D eigenvalue weighted by Gasteiger charge is -2.37. The Morgan fingerprint density at radius 1 is 1.19 bits per heavy atom. The van der Waals surface area contributed by atoms with Crippen molar-refractivity contribution in [3.63, 3.8) is 0 Å². The summed E-state index contributed by atoms with van der Waals surface area (Å²) in [5.41, 5.74) is 7.52. The zero-order valence-corrected chi connectivity index (χ0v) is 16.9. The molecule has 3 N–H and O–H groups in total. The van der Waals surface area contributed by atoms with E-state index < -0.39 is 23.9 Å². The Morgan fingerprint density at radius 3 is 2.58 bits per heavy atom. The van der Waals surface area contributed by atoms with Gasteiger partial charge in [-0.05, 0) is 31.4 Å². The minimum atomic E-state index is -4.22. The van der Waals surface area contributed by atoms with Gasteiger partial charge < -0.3 is 20.5 Å². The monoisotopic (exact) mass is 435 g/mol. The Kier molecular flexibility index (Phi) is 5.63. The van der Waals surface area contributed by atoms with Crippen molar-refractivity contribution in [3.05, 3.63) is 30.1 Å². The van der Waals surface area contributed by atoms with Crippen LogP contribution in [0.25, 0.3) is 17.1 Å². The van der Waals surface area contributed by atoms with E-state index in [2.05, 4.69) is 14.9 Å². The number of hydrogen-bond acceptors (Lipinski definition) is 4. The highest BCUT2D eigenvalue weighted by Gasteiger charge is 2.46. The fourth-order valence-corrected chi connectivity index (χ4v) is 4.44. The van der Waals surface area contributed by atoms with Gasteiger partial charge in [0, 0.05) is 55.3 Å². The molecule has 2 aromatic heterocycles. The van der Waals surface area contributed by atoms with Crippen molar-refractivity contribution in [1.29, 1.82) is 0 Å². The zero-order chi connectivity index (χ0) is 22.2. The molecular weight excluding hydrogens is 411 g/mol. The summed E-state index contributed by atoms with van der Waals surface area (Å²) in [6.45, 7) is 2.08. The van der Waals surface area contributed by atoms with Crippen molar-refractivity contribution in [2.75, 3.05) is 31.1 Å². The van der Waals surface area contributed by atoms with Crippen molar-refractivity contribution >= 4 is 34.6 Å². The Labute approximate surface area is 177 Å². The zero-order valence-electron chi connectivity index (χ0n) is 16.9. The summed E-state index contributed by atoms with van der Waals surface area (Å²) >= 11 is 0. The number of nitrogens with one attached hydrogen (secondary N) is 1. The van der Waals surface area contributed by atoms with E-state index >= 15 is 0 Å². The summed E-state index contributed by atoms with van der Waals surface area (Å²) in [5.74, 6) is -2.59. The van der Waals surface area contributed by atoms with Crippen molar-refractivity contribution in [2.45, 2.75) is 25.4 Å². The molecule has 166 valence electrons. The fraction of sp³-hybridized carbons (Fsp3) is 0.476. The summed E-state index contributed by atoms with van der Waals surface area (Å²) in [6.07, 6.45) is 2.41. The summed E-state index contributed by atoms with van der Waals surface area (Å²) in [7, 11) is 0. The van der Waals surface area contributed by atoms with Gasteiger partial charge in [0.15, 0.2) is 0 Å². The lowest BCUT2D eigenvalue weighted by Crippen LogP contribution is -2.50. The molecule has 31 heavy (non-hydrogen) atoms. The molecule has 1 aliphatic heterocycles. The van der Waals surface area contributed by atoms with Crippen LogP contribution in [0.15, 0.2) is 24.5 Å². The number of nitrogens with zero attached hydrogens (tertiary/aromatic N) is 3. The van der Waals surface area contributed by atoms with Gasteiger partial charge in [0.25, 0.3) is 0 Å². The Morgan fingerprint density at radius 2 is 1.94 bits per heavy atom. The number of rotatable bonds is 4. The van der Waals surface area contributed by atoms with Crippen molar-refractivity contribution in [2.24, 2.45) is 17.6 Å². The number of piperazine rings is 1. The maximum Gasteiger partial charge on any atom is 0.391 e. The predicted octanol–water partition coefficient (Wildman–Crippen LogP) is 2.69. The first-order chi connectivity index (χ1) is 14.7. The highest BCUT2D eigenvalue weighted by atomic mass is 19.4. The number of nitrogens with two attached hydrogens (primary N) is 1. The molecule has 1 saturated heterocycles. The van der Waals surface area contributed by atoms with Crippen LogP contribution >= 0.6 is 0 Å². The molecule has 2 aromatic rings. The first-order valence-electron chi connectivity index (χ1n) is 10.3. The second-order valence-corrected chi connectivity index (χ2v) is 8.13. The minimum absolute atomic E-state index is 0.0365. The number of carbonyl (C=O) groups excluding carboxylic acids is 2. The van der Waals surface area contributed by atoms with Crippen LogP contribution in [0, 0.1) is 11.8 Å². The van der Waals surface area contributed by atoms with Crippen molar-refractivity contribution < 1.29 is 22.8 Å². The van der Waals surface area contributed by atoms with Crippen LogP contribution in [0.5, 0.6) is 0 Å². The summed E-state index contributed by atoms with van der Waals surface area (Å²) in [5, 5.41) is 0.845. The molecule has 0 bridgehead atoms. The summed E-state index contributed by atoms with van der Waals surface area (Å²) in [6, 6.07) is 1.96. The van der Waals surface area contributed by atoms with Gasteiger partial charge in [-0.2, -0.15) is 13.2 Å². The number of amides is 2. The quantitative estimate of drug-likeness (QED) is 0.722. The number of fused-ring (bicyclic) bond motifs is 1. The Hall–Kier alpha value is -3.04. The van der Waals surface area contributed by atoms with Gasteiger partial charge in [-0.25, -0.2) is 4.98 Å². The molecule has 10 heteroatoms. The van der Waals surface area contributed by atoms with E-state index in [-0.39, 0.29) is 18.7 Å². The molecule has 0 unspecified atom stereocenters. The number of carbonyl (C=O) groups is 2. The van der Waals surface area contributed by atoms with Crippen LogP contribution in [-0.2, 0) is 9.59 Å². The van der Waals surface area contributed by atoms with Gasteiger partial charge in [-0.15, -0.1) is 0 Å². The molecule has 2 amide bonds. The molecule has 3 heterocycles. The van der Waals surface area contributed by atoms with Crippen LogP contribution in [0.1, 0.15) is 24.8 Å². The van der Waals surface area contributed by atoms with Gasteiger partial charge in [0.1, 0.15) is 5.65 Å². The van der Waals surface area contributed by atoms with Crippen LogP contribution in [0.4, 0.5) is 18.9 Å². The van der Waals surface area contributed by atoms with Gasteiger partial charge in [-0.3, -0.25) is 9.59 Å². The smallest absolute Gasteiger partial charge is 0.367 e. The summed E-state index contributed by atoms with van der Waals surface area (Å²) < 4.78 is 38.7. The average molecular weight is 435 g/mol. The number of halogens is 3. The van der Waals surface area contributed by atoms with Gasteiger partial charge >= 0.3 is 6.18 Å². The summed E-state index contributed by atoms with van der Waals surface area (Å²) in [4.78, 5) is 35.0. The van der Waals surface area contributed by atoms with E-state index in [0.717, 1.165) is 16.6 Å². The topological polar surface area (TPSA) is 95.3 Å². The van der Waals surface area contributed by atoms with E-state index in [1.54, 1.807) is 23.4 Å². The lowest BCUT2D eigenvalue weighted by molar-refractivity contribution is -0.173. The number of primary amides is 1. The number of alkyl halides is 3. The molecule has 2 aliphatic rings. The van der Waals surface area contributed by atoms with E-state index in [1.807, 2.05) is 6.07 Å². The third-order valence-electron chi connectivity index (χ3n) is 6.18. The van der Waals surface area contributed by atoms with E-state index in [4.69, 9.17) is 5.73 Å². The second-order valence-electron chi connectivity index (χ2n) is 8.13. The molecule has 1 saturated carbocycles. The molecule has 0 radical (unpaired) electrons. The van der Waals surface area contributed by atoms with Crippen LogP contribution < -0.4 is 10.6 Å². The Balaban J connectivity index is 1.40. The van der Waals surface area contributed by atoms with Crippen molar-refractivity contribution in [3.8, 4) is 0 Å². The first kappa shape index (κ1) is 21.2. The second kappa shape index (κ2) is 8.24. The van der Waals surface area contributed by atoms with Crippen LogP contribution in [0.3, 0.4) is 0 Å². The van der Waals surface area contributed by atoms with Gasteiger partial charge in [0.2, 0.25) is 11.8 Å². The number of H-pyrrole nitrogens is 1. The van der Waals surface area contributed by atoms with Gasteiger partial charge in [0.05, 0.1) is 17.8 Å². The first-order valence-corrected chi connectivity index (χ1v) is 10.3. The molecule has 0 spiro atoms. The molecular formula is C21H24F3N5O2. The Bertz CT molecular complexity index is 1010. The standard InChI is InChI=1S/C21H24F3N5O2/c22-21(23,24)15-3-1-13(9-15)20(31)29-7-5-28(6-8-29)16-10-17-14(2-4-18(25)30)11-26-19(17)27-12-16/h2,4,10-13,15H,1,3,5-9H2,(H2,25,30)(H,26,27)/t13-,15-/m1/s1. The predicted molar refractivity (Wildman–Crippen MR) is 110 cm³/mol. The van der Waals surface area contributed by atoms with Crippen molar-refractivity contribution in [1.82, 2.24) is 14.9 Å². The van der Waals surface area contributed by atoms with E-state index in [9.17, 15) is 22.8 Å². The third kappa shape index (κ3) is 4.52. The largest absolute Gasteiger partial charge is 0.391 e. The molecule has 1 aliphatic carbocycles. The fourth-order valence-electron chi connectivity index (χ4n) is 4.44. The molecule has 7 nitrogen and oxygen atoms in total. The van der Waals surface area contributed by atoms with E-state index in [1.165, 1.54) is 6.08 Å². The average Bonchev–Trinajstić information content (AvgIpc) is 3.39. The number of aromatic amines is 1. The SMILES string of the molecule is NC(=O)C=Cc1c[nH]c2ncc(N3CCN(C(=O)[C@@H]4CC[C@@H](C(F)(F)F)C4)CC3)cc12. The normalized spacial score (nSPS) is 22.5. The molecule has 4 rings (SSSR count). The van der Waals surface area contributed by atoms with Crippen LogP contribution in [-0.4, -0.2) is 59.0 Å². The third-order valence-corrected chi connectivity index (χ3v) is 6.18. The van der Waals surface area contributed by atoms with E-state index in [0.29, 0.717) is 38.2 Å². The van der Waals surface area contributed by atoms with Gasteiger partial charge in [-0.1, -0.05) is 0 Å². The maximum absolute atomic E-state index is 12.9. The number of anilines is 1. The maximum atomic E-state index is 12.9. The lowest BCUT2D eigenvalue weighted by atomic mass is 10.0. The highest BCUT2D eigenvalue weighted by Crippen LogP contribution is 2.42. The molecule has 2 fully saturated rings.